The number of hydrogen-bond donors (Lipinski definition) is 0. The molecule has 0 atom stereocenters. The van der Waals surface area contributed by atoms with E-state index in [4.69, 9.17) is 4.74 Å². The van der Waals surface area contributed by atoms with Crippen LogP contribution in [0.25, 0.3) is 10.9 Å². The average molecular weight is 373 g/mol. The molecule has 3 aromatic rings. The van der Waals surface area contributed by atoms with Crippen molar-refractivity contribution in [2.24, 2.45) is 0 Å². The topological polar surface area (TPSA) is 108 Å². The first-order valence-electron chi connectivity index (χ1n) is 7.58. The molecule has 134 valence electrons. The first-order valence-corrected chi connectivity index (χ1v) is 9.47. The fourth-order valence-corrected chi connectivity index (χ4v) is 3.00. The fourth-order valence-electron chi connectivity index (χ4n) is 2.36. The van der Waals surface area contributed by atoms with Crippen molar-refractivity contribution in [3.8, 4) is 0 Å². The van der Waals surface area contributed by atoms with Crippen LogP contribution in [0.15, 0.2) is 52.2 Å². The smallest absolute Gasteiger partial charge is 0.340 e. The molecular formula is C17H15N3O5S. The zero-order valence-electron chi connectivity index (χ0n) is 14.0. The van der Waals surface area contributed by atoms with Crippen molar-refractivity contribution in [2.45, 2.75) is 18.6 Å². The zero-order valence-corrected chi connectivity index (χ0v) is 14.9. The molecule has 0 bridgehead atoms. The van der Waals surface area contributed by atoms with E-state index in [9.17, 15) is 18.0 Å². The van der Waals surface area contributed by atoms with Crippen LogP contribution in [-0.2, 0) is 21.3 Å². The van der Waals surface area contributed by atoms with Gasteiger partial charge in [0, 0.05) is 6.26 Å². The summed E-state index contributed by atoms with van der Waals surface area (Å²) in [4.78, 5) is 24.6. The molecule has 8 nitrogen and oxygen atoms in total. The second-order valence-electron chi connectivity index (χ2n) is 5.72. The summed E-state index contributed by atoms with van der Waals surface area (Å²) in [5.41, 5.74) is 0.663. The van der Waals surface area contributed by atoms with Gasteiger partial charge in [0.25, 0.3) is 5.56 Å². The van der Waals surface area contributed by atoms with E-state index >= 15 is 0 Å². The SMILES string of the molecule is Cc1ccc(S(C)(=O)=O)cc1C(=O)OCn1nnc2ccccc2c1=O. The number of aryl methyl sites for hydroxylation is 1. The number of hydrogen-bond acceptors (Lipinski definition) is 7. The Morgan fingerprint density at radius 3 is 2.65 bits per heavy atom. The van der Waals surface area contributed by atoms with Crippen molar-refractivity contribution in [1.82, 2.24) is 15.0 Å². The Bertz CT molecular complexity index is 1170. The number of fused-ring (bicyclic) bond motifs is 1. The molecule has 0 spiro atoms. The molecule has 0 aliphatic heterocycles. The highest BCUT2D eigenvalue weighted by molar-refractivity contribution is 7.90. The van der Waals surface area contributed by atoms with Crippen LogP contribution < -0.4 is 5.56 Å². The van der Waals surface area contributed by atoms with Gasteiger partial charge in [-0.3, -0.25) is 4.79 Å². The lowest BCUT2D eigenvalue weighted by atomic mass is 10.1. The predicted molar refractivity (Wildman–Crippen MR) is 93.5 cm³/mol. The van der Waals surface area contributed by atoms with E-state index in [2.05, 4.69) is 10.3 Å². The van der Waals surface area contributed by atoms with Crippen LogP contribution in [0.5, 0.6) is 0 Å². The largest absolute Gasteiger partial charge is 0.439 e. The van der Waals surface area contributed by atoms with Gasteiger partial charge in [0.15, 0.2) is 16.6 Å². The summed E-state index contributed by atoms with van der Waals surface area (Å²) in [5, 5.41) is 7.99. The predicted octanol–water partition coefficient (Wildman–Crippen LogP) is 1.32. The maximum absolute atomic E-state index is 12.3. The lowest BCUT2D eigenvalue weighted by Gasteiger charge is -2.09. The first-order chi connectivity index (χ1) is 12.3. The molecule has 1 heterocycles. The number of sulfone groups is 1. The second-order valence-corrected chi connectivity index (χ2v) is 7.74. The third kappa shape index (κ3) is 3.47. The van der Waals surface area contributed by atoms with Crippen LogP contribution in [0, 0.1) is 6.92 Å². The molecule has 0 saturated heterocycles. The van der Waals surface area contributed by atoms with Gasteiger partial charge >= 0.3 is 5.97 Å². The number of ether oxygens (including phenoxy) is 1. The fraction of sp³-hybridized carbons (Fsp3) is 0.176. The first kappa shape index (κ1) is 17.7. The normalized spacial score (nSPS) is 11.5. The van der Waals surface area contributed by atoms with E-state index in [-0.39, 0.29) is 10.5 Å². The highest BCUT2D eigenvalue weighted by Gasteiger charge is 2.16. The molecule has 0 radical (unpaired) electrons. The summed E-state index contributed by atoms with van der Waals surface area (Å²) >= 11 is 0. The van der Waals surface area contributed by atoms with E-state index in [0.717, 1.165) is 10.9 Å². The van der Waals surface area contributed by atoms with Crippen LogP contribution >= 0.6 is 0 Å². The summed E-state index contributed by atoms with van der Waals surface area (Å²) in [6.07, 6.45) is 1.05. The number of aromatic nitrogens is 3. The van der Waals surface area contributed by atoms with Gasteiger partial charge in [-0.15, -0.1) is 5.10 Å². The third-order valence-electron chi connectivity index (χ3n) is 3.80. The summed E-state index contributed by atoms with van der Waals surface area (Å²) in [6.45, 7) is 1.22. The molecule has 2 aromatic carbocycles. The van der Waals surface area contributed by atoms with Gasteiger partial charge in [-0.2, -0.15) is 4.68 Å². The van der Waals surface area contributed by atoms with Gasteiger partial charge in [0.1, 0.15) is 5.52 Å². The molecule has 0 aliphatic carbocycles. The third-order valence-corrected chi connectivity index (χ3v) is 4.91. The van der Waals surface area contributed by atoms with E-state index < -0.39 is 28.1 Å². The van der Waals surface area contributed by atoms with Crippen LogP contribution in [0.2, 0.25) is 0 Å². The van der Waals surface area contributed by atoms with Gasteiger partial charge in [-0.1, -0.05) is 23.4 Å². The molecule has 3 rings (SSSR count). The number of rotatable bonds is 4. The Hall–Kier alpha value is -3.07. The van der Waals surface area contributed by atoms with Gasteiger partial charge in [-0.05, 0) is 36.8 Å². The van der Waals surface area contributed by atoms with Crippen molar-refractivity contribution in [1.29, 1.82) is 0 Å². The minimum atomic E-state index is -3.46. The zero-order chi connectivity index (χ0) is 18.9. The molecule has 0 saturated carbocycles. The Balaban J connectivity index is 1.86. The minimum absolute atomic E-state index is 0.0118. The summed E-state index contributed by atoms with van der Waals surface area (Å²) in [7, 11) is -3.46. The quantitative estimate of drug-likeness (QED) is 0.635. The number of esters is 1. The van der Waals surface area contributed by atoms with E-state index in [1.54, 1.807) is 31.2 Å². The van der Waals surface area contributed by atoms with Gasteiger partial charge in [0.2, 0.25) is 0 Å². The second kappa shape index (κ2) is 6.68. The maximum atomic E-state index is 12.3. The van der Waals surface area contributed by atoms with Crippen LogP contribution in [0.4, 0.5) is 0 Å². The van der Waals surface area contributed by atoms with E-state index in [0.29, 0.717) is 16.5 Å². The lowest BCUT2D eigenvalue weighted by molar-refractivity contribution is 0.0335. The van der Waals surface area contributed by atoms with Crippen molar-refractivity contribution in [3.05, 3.63) is 63.9 Å². The molecule has 0 unspecified atom stereocenters. The Morgan fingerprint density at radius 1 is 1.19 bits per heavy atom. The number of benzene rings is 2. The molecule has 0 aliphatic rings. The van der Waals surface area contributed by atoms with Crippen LogP contribution in [-0.4, -0.2) is 35.6 Å². The average Bonchev–Trinajstić information content (AvgIpc) is 2.60. The van der Waals surface area contributed by atoms with Crippen molar-refractivity contribution >= 4 is 26.7 Å². The Morgan fingerprint density at radius 2 is 1.92 bits per heavy atom. The molecule has 0 amide bonds. The monoisotopic (exact) mass is 373 g/mol. The lowest BCUT2D eigenvalue weighted by Crippen LogP contribution is -2.26. The molecule has 0 N–H and O–H groups in total. The molecule has 9 heteroatoms. The van der Waals surface area contributed by atoms with Gasteiger partial charge in [0.05, 0.1) is 15.8 Å². The van der Waals surface area contributed by atoms with Crippen molar-refractivity contribution in [2.75, 3.05) is 6.26 Å². The molecule has 1 aromatic heterocycles. The number of carbonyl (C=O) groups is 1. The van der Waals surface area contributed by atoms with E-state index in [1.807, 2.05) is 0 Å². The summed E-state index contributed by atoms with van der Waals surface area (Å²) in [5.74, 6) is -0.755. The summed E-state index contributed by atoms with van der Waals surface area (Å²) < 4.78 is 29.3. The Labute approximate surface area is 148 Å². The minimum Gasteiger partial charge on any atom is -0.439 e. The van der Waals surface area contributed by atoms with Gasteiger partial charge in [-0.25, -0.2) is 13.2 Å². The highest BCUT2D eigenvalue weighted by atomic mass is 32.2. The van der Waals surface area contributed by atoms with Crippen LogP contribution in [0.3, 0.4) is 0 Å². The maximum Gasteiger partial charge on any atom is 0.340 e. The Kier molecular flexibility index (Phi) is 4.56. The standard InChI is InChI=1S/C17H15N3O5S/c1-11-7-8-12(26(2,23)24)9-14(11)17(22)25-10-20-16(21)13-5-3-4-6-15(13)18-19-20/h3-9H,10H2,1-2H3. The number of nitrogens with zero attached hydrogens (tertiary/aromatic N) is 3. The molecule has 26 heavy (non-hydrogen) atoms. The molecule has 0 fully saturated rings. The number of carbonyl (C=O) groups excluding carboxylic acids is 1. The van der Waals surface area contributed by atoms with Crippen molar-refractivity contribution in [3.63, 3.8) is 0 Å². The van der Waals surface area contributed by atoms with Crippen molar-refractivity contribution < 1.29 is 17.9 Å². The highest BCUT2D eigenvalue weighted by Crippen LogP contribution is 2.16. The van der Waals surface area contributed by atoms with Crippen LogP contribution in [0.1, 0.15) is 15.9 Å². The summed E-state index contributed by atoms with van der Waals surface area (Å²) in [6, 6.07) is 10.9. The van der Waals surface area contributed by atoms with Gasteiger partial charge < -0.3 is 4.74 Å². The van der Waals surface area contributed by atoms with E-state index in [1.165, 1.54) is 18.2 Å². The molecular weight excluding hydrogens is 358 g/mol.